The van der Waals surface area contributed by atoms with Crippen molar-refractivity contribution >= 4 is 0 Å². The second-order valence-electron chi connectivity index (χ2n) is 4.50. The zero-order chi connectivity index (χ0) is 10.2. The minimum Gasteiger partial charge on any atom is -0.0730 e. The minimum atomic E-state index is 1.29. The van der Waals surface area contributed by atoms with E-state index in [1.165, 1.54) is 51.4 Å². The van der Waals surface area contributed by atoms with Gasteiger partial charge in [0.1, 0.15) is 0 Å². The van der Waals surface area contributed by atoms with Crippen LogP contribution in [-0.4, -0.2) is 0 Å². The average molecular weight is 192 g/mol. The fourth-order valence-electron chi connectivity index (χ4n) is 1.95. The molecular formula is C14H24. The van der Waals surface area contributed by atoms with Crippen molar-refractivity contribution in [3.05, 3.63) is 23.3 Å². The first-order chi connectivity index (χ1) is 6.83. The van der Waals surface area contributed by atoms with Gasteiger partial charge in [0.15, 0.2) is 0 Å². The molecule has 0 nitrogen and oxygen atoms in total. The molecule has 0 aromatic heterocycles. The number of rotatable bonds is 6. The van der Waals surface area contributed by atoms with Crippen molar-refractivity contribution in [3.63, 3.8) is 0 Å². The van der Waals surface area contributed by atoms with Gasteiger partial charge in [-0.2, -0.15) is 0 Å². The largest absolute Gasteiger partial charge is 0.0730 e. The number of hydrogen-bond acceptors (Lipinski definition) is 0. The van der Waals surface area contributed by atoms with Crippen molar-refractivity contribution in [3.8, 4) is 0 Å². The maximum atomic E-state index is 2.35. The summed E-state index contributed by atoms with van der Waals surface area (Å²) in [5.41, 5.74) is 3.21. The van der Waals surface area contributed by atoms with E-state index >= 15 is 0 Å². The molecule has 0 amide bonds. The molecule has 0 heteroatoms. The SMILES string of the molecule is CCCCCCCC1=CC=C(C)CC1. The molecule has 1 aliphatic carbocycles. The Morgan fingerprint density at radius 3 is 2.43 bits per heavy atom. The predicted molar refractivity (Wildman–Crippen MR) is 64.5 cm³/mol. The van der Waals surface area contributed by atoms with Gasteiger partial charge in [-0.3, -0.25) is 0 Å². The first-order valence-corrected chi connectivity index (χ1v) is 6.18. The van der Waals surface area contributed by atoms with Crippen LogP contribution in [0.1, 0.15) is 65.2 Å². The Balaban J connectivity index is 2.07. The van der Waals surface area contributed by atoms with Crippen molar-refractivity contribution < 1.29 is 0 Å². The molecule has 0 fully saturated rings. The Morgan fingerprint density at radius 2 is 1.79 bits per heavy atom. The van der Waals surface area contributed by atoms with E-state index in [0.717, 1.165) is 0 Å². The Kier molecular flexibility index (Phi) is 5.66. The molecule has 0 aromatic carbocycles. The first kappa shape index (κ1) is 11.6. The Labute approximate surface area is 89.1 Å². The van der Waals surface area contributed by atoms with E-state index in [2.05, 4.69) is 26.0 Å². The molecule has 0 N–H and O–H groups in total. The zero-order valence-electron chi connectivity index (χ0n) is 9.81. The maximum absolute atomic E-state index is 2.35. The molecule has 0 unspecified atom stereocenters. The summed E-state index contributed by atoms with van der Waals surface area (Å²) in [5, 5.41) is 0. The molecule has 0 aromatic rings. The quantitative estimate of drug-likeness (QED) is 0.519. The second kappa shape index (κ2) is 6.86. The van der Waals surface area contributed by atoms with Gasteiger partial charge in [-0.1, -0.05) is 55.9 Å². The van der Waals surface area contributed by atoms with Crippen LogP contribution in [0, 0.1) is 0 Å². The average Bonchev–Trinajstić information content (AvgIpc) is 2.21. The van der Waals surface area contributed by atoms with Gasteiger partial charge in [0.05, 0.1) is 0 Å². The van der Waals surface area contributed by atoms with Gasteiger partial charge in [-0.25, -0.2) is 0 Å². The molecule has 0 spiro atoms. The monoisotopic (exact) mass is 192 g/mol. The van der Waals surface area contributed by atoms with Crippen LogP contribution in [0.4, 0.5) is 0 Å². The van der Waals surface area contributed by atoms with E-state index < -0.39 is 0 Å². The van der Waals surface area contributed by atoms with Crippen LogP contribution in [-0.2, 0) is 0 Å². The van der Waals surface area contributed by atoms with Gasteiger partial charge in [0, 0.05) is 0 Å². The number of hydrogen-bond donors (Lipinski definition) is 0. The molecule has 0 saturated carbocycles. The summed E-state index contributed by atoms with van der Waals surface area (Å²) in [7, 11) is 0. The minimum absolute atomic E-state index is 1.29. The van der Waals surface area contributed by atoms with Gasteiger partial charge < -0.3 is 0 Å². The van der Waals surface area contributed by atoms with Crippen LogP contribution in [0.2, 0.25) is 0 Å². The van der Waals surface area contributed by atoms with Crippen molar-refractivity contribution in [2.24, 2.45) is 0 Å². The summed E-state index contributed by atoms with van der Waals surface area (Å²) in [4.78, 5) is 0. The summed E-state index contributed by atoms with van der Waals surface area (Å²) in [6.07, 6.45) is 15.6. The van der Waals surface area contributed by atoms with Crippen molar-refractivity contribution in [2.45, 2.75) is 65.2 Å². The second-order valence-corrected chi connectivity index (χ2v) is 4.50. The lowest BCUT2D eigenvalue weighted by atomic mass is 9.95. The third kappa shape index (κ3) is 4.64. The molecule has 0 bridgehead atoms. The summed E-state index contributed by atoms with van der Waals surface area (Å²) in [6, 6.07) is 0. The highest BCUT2D eigenvalue weighted by Crippen LogP contribution is 2.22. The van der Waals surface area contributed by atoms with Crippen LogP contribution in [0.15, 0.2) is 23.3 Å². The lowest BCUT2D eigenvalue weighted by Gasteiger charge is -2.11. The molecule has 0 heterocycles. The van der Waals surface area contributed by atoms with Gasteiger partial charge in [0.25, 0.3) is 0 Å². The van der Waals surface area contributed by atoms with E-state index in [4.69, 9.17) is 0 Å². The van der Waals surface area contributed by atoms with E-state index in [-0.39, 0.29) is 0 Å². The van der Waals surface area contributed by atoms with Crippen molar-refractivity contribution in [2.75, 3.05) is 0 Å². The van der Waals surface area contributed by atoms with Crippen molar-refractivity contribution in [1.29, 1.82) is 0 Å². The summed E-state index contributed by atoms with van der Waals surface area (Å²) >= 11 is 0. The normalized spacial score (nSPS) is 16.4. The van der Waals surface area contributed by atoms with Crippen molar-refractivity contribution in [1.82, 2.24) is 0 Å². The van der Waals surface area contributed by atoms with Crippen LogP contribution < -0.4 is 0 Å². The fraction of sp³-hybridized carbons (Fsp3) is 0.714. The van der Waals surface area contributed by atoms with E-state index in [1.54, 1.807) is 11.1 Å². The molecule has 80 valence electrons. The molecule has 0 aliphatic heterocycles. The van der Waals surface area contributed by atoms with E-state index in [1.807, 2.05) is 0 Å². The summed E-state index contributed by atoms with van der Waals surface area (Å²) < 4.78 is 0. The molecule has 1 aliphatic rings. The van der Waals surface area contributed by atoms with Crippen LogP contribution in [0.25, 0.3) is 0 Å². The third-order valence-corrected chi connectivity index (χ3v) is 3.05. The van der Waals surface area contributed by atoms with Crippen LogP contribution in [0.5, 0.6) is 0 Å². The van der Waals surface area contributed by atoms with Crippen LogP contribution in [0.3, 0.4) is 0 Å². The molecule has 14 heavy (non-hydrogen) atoms. The Hall–Kier alpha value is -0.520. The third-order valence-electron chi connectivity index (χ3n) is 3.05. The summed E-state index contributed by atoms with van der Waals surface area (Å²) in [6.45, 7) is 4.51. The van der Waals surface area contributed by atoms with Gasteiger partial charge in [0.2, 0.25) is 0 Å². The highest BCUT2D eigenvalue weighted by molar-refractivity contribution is 5.22. The lowest BCUT2D eigenvalue weighted by Crippen LogP contribution is -1.91. The predicted octanol–water partition coefficient (Wildman–Crippen LogP) is 5.01. The zero-order valence-corrected chi connectivity index (χ0v) is 9.81. The molecule has 0 radical (unpaired) electrons. The lowest BCUT2D eigenvalue weighted by molar-refractivity contribution is 0.622. The van der Waals surface area contributed by atoms with Gasteiger partial charge in [-0.05, 0) is 32.6 Å². The maximum Gasteiger partial charge on any atom is -0.0280 e. The Morgan fingerprint density at radius 1 is 1.00 bits per heavy atom. The van der Waals surface area contributed by atoms with E-state index in [9.17, 15) is 0 Å². The van der Waals surface area contributed by atoms with Crippen LogP contribution >= 0.6 is 0 Å². The highest BCUT2D eigenvalue weighted by Gasteiger charge is 2.02. The summed E-state index contributed by atoms with van der Waals surface area (Å²) in [5.74, 6) is 0. The highest BCUT2D eigenvalue weighted by atomic mass is 14.1. The topological polar surface area (TPSA) is 0 Å². The van der Waals surface area contributed by atoms with E-state index in [0.29, 0.717) is 0 Å². The Bertz CT molecular complexity index is 208. The molecular weight excluding hydrogens is 168 g/mol. The number of allylic oxidation sites excluding steroid dienone is 4. The molecule has 1 rings (SSSR count). The molecule has 0 atom stereocenters. The standard InChI is InChI=1S/C14H24/c1-3-4-5-6-7-8-14-11-9-13(2)10-12-14/h9,11H,3-8,10,12H2,1-2H3. The first-order valence-electron chi connectivity index (χ1n) is 6.18. The molecule has 0 saturated heterocycles. The fourth-order valence-corrected chi connectivity index (χ4v) is 1.95. The van der Waals surface area contributed by atoms with Gasteiger partial charge in [-0.15, -0.1) is 0 Å². The number of unbranched alkanes of at least 4 members (excludes halogenated alkanes) is 4. The van der Waals surface area contributed by atoms with Gasteiger partial charge >= 0.3 is 0 Å². The smallest absolute Gasteiger partial charge is 0.0280 e.